The number of Topliss-reactive ketones (excluding diaryl/α,β-unsaturated/α-hetero) is 1. The highest BCUT2D eigenvalue weighted by Gasteiger charge is 2.46. The van der Waals surface area contributed by atoms with Crippen molar-refractivity contribution in [2.75, 3.05) is 5.73 Å². The van der Waals surface area contributed by atoms with E-state index in [2.05, 4.69) is 25.3 Å². The summed E-state index contributed by atoms with van der Waals surface area (Å²) in [6, 6.07) is 6.67. The summed E-state index contributed by atoms with van der Waals surface area (Å²) in [6.45, 7) is 3.21. The first-order chi connectivity index (χ1) is 20.7. The van der Waals surface area contributed by atoms with Gasteiger partial charge in [0.05, 0.1) is 23.1 Å². The molecule has 2 saturated heterocycles. The first-order valence-corrected chi connectivity index (χ1v) is 14.0. The van der Waals surface area contributed by atoms with Gasteiger partial charge in [-0.2, -0.15) is 9.61 Å². The van der Waals surface area contributed by atoms with Crippen molar-refractivity contribution in [2.24, 2.45) is 0 Å². The van der Waals surface area contributed by atoms with Crippen molar-refractivity contribution in [3.63, 3.8) is 0 Å². The molecule has 1 amide bonds. The van der Waals surface area contributed by atoms with Crippen LogP contribution in [0.5, 0.6) is 0 Å². The molecule has 0 saturated carbocycles. The zero-order valence-electron chi connectivity index (χ0n) is 23.4. The summed E-state index contributed by atoms with van der Waals surface area (Å²) < 4.78 is 29.2. The van der Waals surface area contributed by atoms with E-state index in [0.29, 0.717) is 52.4 Å². The summed E-state index contributed by atoms with van der Waals surface area (Å²) >= 11 is 0. The van der Waals surface area contributed by atoms with E-state index in [1.807, 2.05) is 4.90 Å². The van der Waals surface area contributed by atoms with Crippen molar-refractivity contribution in [2.45, 2.75) is 57.5 Å². The van der Waals surface area contributed by atoms with Crippen LogP contribution in [-0.2, 0) is 0 Å². The Morgan fingerprint density at radius 1 is 1.02 bits per heavy atom. The number of rotatable bonds is 5. The summed E-state index contributed by atoms with van der Waals surface area (Å²) in [5, 5.41) is 11.2. The number of carbonyl (C=O) groups is 2. The van der Waals surface area contributed by atoms with Gasteiger partial charge in [-0.05, 0) is 57.7 Å². The molecule has 2 bridgehead atoms. The average molecular weight is 584 g/mol. The fraction of sp³-hybridized carbons (Fsp3) is 0.300. The summed E-state index contributed by atoms with van der Waals surface area (Å²) in [6.07, 6.45) is 6.10. The third-order valence-electron chi connectivity index (χ3n) is 8.49. The molecule has 43 heavy (non-hydrogen) atoms. The van der Waals surface area contributed by atoms with Gasteiger partial charge in [0.2, 0.25) is 5.82 Å². The lowest BCUT2D eigenvalue weighted by Gasteiger charge is -2.38. The quantitative estimate of drug-likeness (QED) is 0.288. The summed E-state index contributed by atoms with van der Waals surface area (Å²) in [5.74, 6) is -0.952. The number of piperidine rings is 1. The normalized spacial score (nSPS) is 19.7. The van der Waals surface area contributed by atoms with Crippen LogP contribution in [0.4, 0.5) is 14.6 Å². The van der Waals surface area contributed by atoms with Gasteiger partial charge in [-0.25, -0.2) is 18.7 Å². The van der Waals surface area contributed by atoms with Crippen LogP contribution < -0.4 is 5.73 Å². The van der Waals surface area contributed by atoms with Gasteiger partial charge >= 0.3 is 0 Å². The van der Waals surface area contributed by atoms with Gasteiger partial charge < -0.3 is 10.6 Å². The van der Waals surface area contributed by atoms with Crippen LogP contribution in [0.2, 0.25) is 0 Å². The number of H-pyrrole nitrogens is 1. The minimum Gasteiger partial charge on any atom is -0.383 e. The monoisotopic (exact) mass is 583 g/mol. The van der Waals surface area contributed by atoms with Crippen LogP contribution in [0.1, 0.15) is 71.0 Å². The molecule has 1 unspecified atom stereocenters. The molecule has 3 atom stereocenters. The third kappa shape index (κ3) is 4.42. The molecule has 7 rings (SSSR count). The van der Waals surface area contributed by atoms with Crippen LogP contribution in [0.3, 0.4) is 0 Å². The largest absolute Gasteiger partial charge is 0.383 e. The topological polar surface area (TPSA) is 148 Å². The predicted octanol–water partition coefficient (Wildman–Crippen LogP) is 4.50. The van der Waals surface area contributed by atoms with Gasteiger partial charge in [-0.3, -0.25) is 19.7 Å². The van der Waals surface area contributed by atoms with E-state index in [9.17, 15) is 18.4 Å². The van der Waals surface area contributed by atoms with Crippen molar-refractivity contribution in [3.05, 3.63) is 77.3 Å². The number of ketones is 1. The SMILES string of the molecule is CC(=O)c1c(C2C[C@H]3CC[C@@H](C2)N3C(=O)c2n[nH]c(C)n2)nc2c(-c3ccc(-c4ccc(F)cc4F)nc3)cnn2c1N. The molecule has 6 heterocycles. The van der Waals surface area contributed by atoms with Crippen LogP contribution in [0, 0.1) is 18.6 Å². The number of amides is 1. The second-order valence-corrected chi connectivity index (χ2v) is 11.2. The highest BCUT2D eigenvalue weighted by molar-refractivity contribution is 6.00. The van der Waals surface area contributed by atoms with E-state index < -0.39 is 11.6 Å². The fourth-order valence-corrected chi connectivity index (χ4v) is 6.59. The maximum atomic E-state index is 14.3. The van der Waals surface area contributed by atoms with Crippen LogP contribution in [0.15, 0.2) is 42.7 Å². The molecule has 1 aromatic carbocycles. The Morgan fingerprint density at radius 2 is 1.79 bits per heavy atom. The van der Waals surface area contributed by atoms with Gasteiger partial charge in [0.15, 0.2) is 11.4 Å². The van der Waals surface area contributed by atoms with Gasteiger partial charge in [-0.1, -0.05) is 6.07 Å². The van der Waals surface area contributed by atoms with E-state index in [4.69, 9.17) is 10.7 Å². The Morgan fingerprint density at radius 3 is 2.42 bits per heavy atom. The number of nitrogen functional groups attached to an aromatic ring is 1. The number of halogens is 2. The lowest BCUT2D eigenvalue weighted by atomic mass is 9.85. The number of nitrogens with zero attached hydrogens (tertiary/aromatic N) is 7. The van der Waals surface area contributed by atoms with E-state index in [-0.39, 0.29) is 46.9 Å². The Hall–Kier alpha value is -5.07. The second-order valence-electron chi connectivity index (χ2n) is 11.2. The molecular weight excluding hydrogens is 556 g/mol. The van der Waals surface area contributed by atoms with Crippen molar-refractivity contribution >= 4 is 23.2 Å². The van der Waals surface area contributed by atoms with Crippen molar-refractivity contribution in [3.8, 4) is 22.4 Å². The molecular formula is C30H27F2N9O2. The van der Waals surface area contributed by atoms with Crippen LogP contribution >= 0.6 is 0 Å². The molecule has 11 nitrogen and oxygen atoms in total. The molecule has 4 aromatic heterocycles. The Balaban J connectivity index is 1.24. The third-order valence-corrected chi connectivity index (χ3v) is 8.49. The first kappa shape index (κ1) is 26.8. The minimum atomic E-state index is -0.704. The van der Waals surface area contributed by atoms with E-state index in [0.717, 1.165) is 18.9 Å². The van der Waals surface area contributed by atoms with Gasteiger partial charge in [0, 0.05) is 47.0 Å². The van der Waals surface area contributed by atoms with Crippen LogP contribution in [0.25, 0.3) is 28.0 Å². The smallest absolute Gasteiger partial charge is 0.294 e. The molecule has 2 fully saturated rings. The van der Waals surface area contributed by atoms with Crippen molar-refractivity contribution < 1.29 is 18.4 Å². The molecule has 3 N–H and O–H groups in total. The Labute approximate surface area is 244 Å². The molecule has 218 valence electrons. The number of aryl methyl sites for hydroxylation is 1. The maximum absolute atomic E-state index is 14.3. The summed E-state index contributed by atoms with van der Waals surface area (Å²) in [4.78, 5) is 41.7. The maximum Gasteiger partial charge on any atom is 0.294 e. The lowest BCUT2D eigenvalue weighted by Crippen LogP contribution is -2.46. The molecule has 5 aromatic rings. The number of anilines is 1. The summed E-state index contributed by atoms with van der Waals surface area (Å²) in [5.41, 5.74) is 9.77. The van der Waals surface area contributed by atoms with Gasteiger partial charge in [0.25, 0.3) is 5.91 Å². The molecule has 0 radical (unpaired) electrons. The number of nitrogens with one attached hydrogen (secondary N) is 1. The van der Waals surface area contributed by atoms with Crippen molar-refractivity contribution in [1.29, 1.82) is 0 Å². The number of pyridine rings is 1. The number of hydrogen-bond acceptors (Lipinski definition) is 8. The van der Waals surface area contributed by atoms with E-state index in [1.165, 1.54) is 23.6 Å². The van der Waals surface area contributed by atoms with Gasteiger partial charge in [0.1, 0.15) is 23.3 Å². The fourth-order valence-electron chi connectivity index (χ4n) is 6.59. The molecule has 0 spiro atoms. The average Bonchev–Trinajstić information content (AvgIpc) is 3.68. The number of aromatic nitrogens is 7. The molecule has 13 heteroatoms. The standard InChI is InChI=1S/C30H27F2N9O2/c1-14(42)25-26(17-9-19-5-6-20(10-17)40(19)30(43)28-36-15(2)38-39-28)37-29-22(13-35-41(29)27(25)33)16-3-8-24(34-12-16)21-7-4-18(31)11-23(21)32/h3-4,7-8,11-13,17,19-20H,5-6,9-10,33H2,1-2H3,(H,36,38,39)/t17?,19-,20+. The zero-order valence-corrected chi connectivity index (χ0v) is 23.4. The van der Waals surface area contributed by atoms with E-state index in [1.54, 1.807) is 31.5 Å². The van der Waals surface area contributed by atoms with Crippen molar-refractivity contribution in [1.82, 2.24) is 39.7 Å². The first-order valence-electron chi connectivity index (χ1n) is 14.0. The predicted molar refractivity (Wildman–Crippen MR) is 152 cm³/mol. The number of carbonyl (C=O) groups excluding carboxylic acids is 2. The molecule has 2 aliphatic rings. The number of nitrogens with two attached hydrogens (primary N) is 1. The van der Waals surface area contributed by atoms with E-state index >= 15 is 0 Å². The highest BCUT2D eigenvalue weighted by Crippen LogP contribution is 2.45. The zero-order chi connectivity index (χ0) is 30.0. The Bertz CT molecular complexity index is 1900. The number of fused-ring (bicyclic) bond motifs is 3. The Kier molecular flexibility index (Phi) is 6.26. The summed E-state index contributed by atoms with van der Waals surface area (Å²) in [7, 11) is 0. The minimum absolute atomic E-state index is 0.0397. The second kappa shape index (κ2) is 10.0. The highest BCUT2D eigenvalue weighted by atomic mass is 19.1. The molecule has 2 aliphatic heterocycles. The number of benzene rings is 1. The van der Waals surface area contributed by atoms with Gasteiger partial charge in [-0.15, -0.1) is 5.10 Å². The number of hydrogen-bond donors (Lipinski definition) is 2. The number of aromatic amines is 1. The molecule has 0 aliphatic carbocycles. The van der Waals surface area contributed by atoms with Crippen LogP contribution in [-0.4, -0.2) is 63.4 Å². The lowest BCUT2D eigenvalue weighted by molar-refractivity contribution is 0.0556.